The first kappa shape index (κ1) is 19.6. The molecule has 1 amide bonds. The third-order valence-electron chi connectivity index (χ3n) is 5.47. The molecule has 1 aromatic heterocycles. The number of thioether (sulfide) groups is 1. The third-order valence-corrected chi connectivity index (χ3v) is 6.73. The van der Waals surface area contributed by atoms with Crippen molar-refractivity contribution in [2.24, 2.45) is 0 Å². The number of hydrogen-bond acceptors (Lipinski definition) is 3. The van der Waals surface area contributed by atoms with Crippen LogP contribution in [-0.2, 0) is 11.3 Å². The summed E-state index contributed by atoms with van der Waals surface area (Å²) in [5.74, 6) is 1.01. The Morgan fingerprint density at radius 2 is 1.52 bits per heavy atom. The summed E-state index contributed by atoms with van der Waals surface area (Å²) in [5, 5.41) is 4.88. The maximum atomic E-state index is 13.0. The van der Waals surface area contributed by atoms with Gasteiger partial charge in [-0.25, -0.2) is 4.68 Å². The van der Waals surface area contributed by atoms with E-state index < -0.39 is 0 Å². The van der Waals surface area contributed by atoms with Gasteiger partial charge in [0.05, 0.1) is 11.4 Å². The van der Waals surface area contributed by atoms with Gasteiger partial charge in [0, 0.05) is 36.0 Å². The van der Waals surface area contributed by atoms with Gasteiger partial charge in [-0.1, -0.05) is 78.9 Å². The van der Waals surface area contributed by atoms with Crippen molar-refractivity contribution in [2.75, 3.05) is 5.75 Å². The van der Waals surface area contributed by atoms with Gasteiger partial charge in [-0.2, -0.15) is 5.10 Å². The molecule has 0 spiro atoms. The Morgan fingerprint density at radius 1 is 0.871 bits per heavy atom. The monoisotopic (exact) mass is 425 g/mol. The molecular formula is C26H23N3OS. The summed E-state index contributed by atoms with van der Waals surface area (Å²) in [6.45, 7) is 0.599. The number of nitrogens with zero attached hydrogens (tertiary/aromatic N) is 3. The second kappa shape index (κ2) is 8.82. The van der Waals surface area contributed by atoms with Crippen molar-refractivity contribution in [3.63, 3.8) is 0 Å². The number of rotatable bonds is 5. The number of carbonyl (C=O) groups excluding carboxylic acids is 1. The third kappa shape index (κ3) is 4.14. The van der Waals surface area contributed by atoms with Gasteiger partial charge >= 0.3 is 0 Å². The van der Waals surface area contributed by atoms with Crippen molar-refractivity contribution in [3.05, 3.63) is 108 Å². The van der Waals surface area contributed by atoms with Crippen LogP contribution in [-0.4, -0.2) is 26.3 Å². The SMILES string of the molecule is O=C1CCSC(c2cn(-c3ccccc3)nc2-c2ccccc2)N1Cc1ccccc1. The fourth-order valence-corrected chi connectivity index (χ4v) is 5.17. The summed E-state index contributed by atoms with van der Waals surface area (Å²) in [6, 6.07) is 30.6. The molecule has 1 fully saturated rings. The van der Waals surface area contributed by atoms with Gasteiger partial charge in [0.1, 0.15) is 5.37 Å². The smallest absolute Gasteiger partial charge is 0.224 e. The molecule has 154 valence electrons. The second-order valence-corrected chi connectivity index (χ2v) is 8.75. The number of para-hydroxylation sites is 1. The molecule has 1 atom stereocenters. The van der Waals surface area contributed by atoms with Crippen molar-refractivity contribution >= 4 is 17.7 Å². The standard InChI is InChI=1S/C26H23N3OS/c30-24-16-17-31-26(28(24)18-20-10-4-1-5-11-20)23-19-29(22-14-8-3-9-15-22)27-25(23)21-12-6-2-7-13-21/h1-15,19,26H,16-18H2. The minimum atomic E-state index is -0.0749. The van der Waals surface area contributed by atoms with E-state index in [4.69, 9.17) is 5.10 Å². The lowest BCUT2D eigenvalue weighted by atomic mass is 10.1. The molecule has 0 saturated carbocycles. The Labute approximate surface area is 186 Å². The van der Waals surface area contributed by atoms with Gasteiger partial charge in [0.2, 0.25) is 5.91 Å². The van der Waals surface area contributed by atoms with Gasteiger partial charge in [0.25, 0.3) is 0 Å². The topological polar surface area (TPSA) is 38.1 Å². The van der Waals surface area contributed by atoms with Crippen LogP contribution < -0.4 is 0 Å². The van der Waals surface area contributed by atoms with E-state index in [9.17, 15) is 4.79 Å². The number of carbonyl (C=O) groups is 1. The van der Waals surface area contributed by atoms with E-state index in [0.717, 1.165) is 33.8 Å². The summed E-state index contributed by atoms with van der Waals surface area (Å²) in [4.78, 5) is 15.0. The highest BCUT2D eigenvalue weighted by Gasteiger charge is 2.33. The molecule has 31 heavy (non-hydrogen) atoms. The summed E-state index contributed by atoms with van der Waals surface area (Å²) < 4.78 is 1.93. The highest BCUT2D eigenvalue weighted by molar-refractivity contribution is 7.99. The molecular weight excluding hydrogens is 402 g/mol. The van der Waals surface area contributed by atoms with Crippen LogP contribution in [0.25, 0.3) is 16.9 Å². The molecule has 4 nitrogen and oxygen atoms in total. The van der Waals surface area contributed by atoms with E-state index in [-0.39, 0.29) is 11.3 Å². The second-order valence-electron chi connectivity index (χ2n) is 7.56. The molecule has 0 bridgehead atoms. The van der Waals surface area contributed by atoms with Crippen molar-refractivity contribution < 1.29 is 4.79 Å². The van der Waals surface area contributed by atoms with E-state index in [1.54, 1.807) is 0 Å². The van der Waals surface area contributed by atoms with E-state index in [1.165, 1.54) is 0 Å². The summed E-state index contributed by atoms with van der Waals surface area (Å²) in [6.07, 6.45) is 2.66. The van der Waals surface area contributed by atoms with Crippen LogP contribution in [0.2, 0.25) is 0 Å². The average molecular weight is 426 g/mol. The van der Waals surface area contributed by atoms with Crippen LogP contribution in [0.5, 0.6) is 0 Å². The lowest BCUT2D eigenvalue weighted by molar-refractivity contribution is -0.132. The van der Waals surface area contributed by atoms with Crippen LogP contribution >= 0.6 is 11.8 Å². The van der Waals surface area contributed by atoms with Crippen molar-refractivity contribution in [2.45, 2.75) is 18.3 Å². The molecule has 0 aliphatic carbocycles. The number of amides is 1. The predicted molar refractivity (Wildman–Crippen MR) is 126 cm³/mol. The Bertz CT molecular complexity index is 1160. The minimum absolute atomic E-state index is 0.0749. The molecule has 3 aromatic carbocycles. The lowest BCUT2D eigenvalue weighted by Gasteiger charge is -2.35. The van der Waals surface area contributed by atoms with E-state index in [1.807, 2.05) is 88.1 Å². The molecule has 0 N–H and O–H groups in total. The molecule has 5 heteroatoms. The molecule has 1 aliphatic rings. The van der Waals surface area contributed by atoms with Crippen molar-refractivity contribution in [1.29, 1.82) is 0 Å². The van der Waals surface area contributed by atoms with Crippen molar-refractivity contribution in [1.82, 2.24) is 14.7 Å². The summed E-state index contributed by atoms with van der Waals surface area (Å²) in [5.41, 5.74) is 5.21. The molecule has 1 unspecified atom stereocenters. The Kier molecular flexibility index (Phi) is 5.59. The zero-order valence-electron chi connectivity index (χ0n) is 17.1. The van der Waals surface area contributed by atoms with Crippen LogP contribution in [0, 0.1) is 0 Å². The molecule has 4 aromatic rings. The first-order valence-electron chi connectivity index (χ1n) is 10.4. The zero-order chi connectivity index (χ0) is 21.0. The minimum Gasteiger partial charge on any atom is -0.322 e. The highest BCUT2D eigenvalue weighted by Crippen LogP contribution is 2.42. The Morgan fingerprint density at radius 3 is 2.23 bits per heavy atom. The maximum absolute atomic E-state index is 13.0. The van der Waals surface area contributed by atoms with Crippen LogP contribution in [0.3, 0.4) is 0 Å². The molecule has 5 rings (SSSR count). The van der Waals surface area contributed by atoms with E-state index in [0.29, 0.717) is 13.0 Å². The van der Waals surface area contributed by atoms with Gasteiger partial charge in [-0.15, -0.1) is 11.8 Å². The fourth-order valence-electron chi connectivity index (χ4n) is 3.93. The first-order chi connectivity index (χ1) is 15.3. The van der Waals surface area contributed by atoms with Crippen LogP contribution in [0.4, 0.5) is 0 Å². The summed E-state index contributed by atoms with van der Waals surface area (Å²) in [7, 11) is 0. The molecule has 2 heterocycles. The number of aromatic nitrogens is 2. The van der Waals surface area contributed by atoms with Gasteiger partial charge in [-0.05, 0) is 17.7 Å². The maximum Gasteiger partial charge on any atom is 0.224 e. The average Bonchev–Trinajstić information content (AvgIpc) is 3.28. The molecule has 1 saturated heterocycles. The van der Waals surface area contributed by atoms with E-state index in [2.05, 4.69) is 30.5 Å². The lowest BCUT2D eigenvalue weighted by Crippen LogP contribution is -2.36. The van der Waals surface area contributed by atoms with E-state index >= 15 is 0 Å². The summed E-state index contributed by atoms with van der Waals surface area (Å²) >= 11 is 1.82. The fraction of sp³-hybridized carbons (Fsp3) is 0.154. The molecule has 0 radical (unpaired) electrons. The largest absolute Gasteiger partial charge is 0.322 e. The first-order valence-corrected chi connectivity index (χ1v) is 11.5. The van der Waals surface area contributed by atoms with Crippen LogP contribution in [0.1, 0.15) is 22.9 Å². The van der Waals surface area contributed by atoms with Crippen LogP contribution in [0.15, 0.2) is 97.2 Å². The number of benzene rings is 3. The Hall–Kier alpha value is -3.31. The normalized spacial score (nSPS) is 16.5. The van der Waals surface area contributed by atoms with Gasteiger partial charge in [-0.3, -0.25) is 4.79 Å². The predicted octanol–water partition coefficient (Wildman–Crippen LogP) is 5.70. The van der Waals surface area contributed by atoms with Gasteiger partial charge in [0.15, 0.2) is 0 Å². The highest BCUT2D eigenvalue weighted by atomic mass is 32.2. The quantitative estimate of drug-likeness (QED) is 0.411. The number of hydrogen-bond donors (Lipinski definition) is 0. The van der Waals surface area contributed by atoms with Crippen molar-refractivity contribution in [3.8, 4) is 16.9 Å². The zero-order valence-corrected chi connectivity index (χ0v) is 17.9. The van der Waals surface area contributed by atoms with Gasteiger partial charge < -0.3 is 4.90 Å². The molecule has 1 aliphatic heterocycles. The Balaban J connectivity index is 1.59.